The fourth-order valence-corrected chi connectivity index (χ4v) is 2.59. The fraction of sp³-hybridized carbons (Fsp3) is 0.273. The van der Waals surface area contributed by atoms with Crippen LogP contribution in [0.1, 0.15) is 25.0 Å². The Kier molecular flexibility index (Phi) is 7.92. The number of rotatable bonds is 8. The van der Waals surface area contributed by atoms with Gasteiger partial charge in [-0.15, -0.1) is 0 Å². The summed E-state index contributed by atoms with van der Waals surface area (Å²) in [6.07, 6.45) is 0.146. The normalized spacial score (nSPS) is 11.2. The molecule has 0 bridgehead atoms. The molecule has 0 fully saturated rings. The number of nitrogens with one attached hydrogen (secondary N) is 2. The van der Waals surface area contributed by atoms with Gasteiger partial charge in [-0.05, 0) is 29.7 Å². The number of nitrogens with zero attached hydrogens (tertiary/aromatic N) is 1. The third kappa shape index (κ3) is 7.11. The number of hydrogen-bond acceptors (Lipinski definition) is 5. The summed E-state index contributed by atoms with van der Waals surface area (Å²) < 4.78 is 5.08. The number of anilines is 1. The lowest BCUT2D eigenvalue weighted by atomic mass is 10.0. The van der Waals surface area contributed by atoms with Gasteiger partial charge in [0, 0.05) is 5.69 Å². The van der Waals surface area contributed by atoms with Crippen molar-refractivity contribution < 1.29 is 19.1 Å². The van der Waals surface area contributed by atoms with Crippen molar-refractivity contribution in [1.82, 2.24) is 5.32 Å². The summed E-state index contributed by atoms with van der Waals surface area (Å²) in [6, 6.07) is 16.7. The molecule has 0 heterocycles. The van der Waals surface area contributed by atoms with E-state index in [0.717, 1.165) is 5.56 Å². The van der Waals surface area contributed by atoms with E-state index >= 15 is 0 Å². The van der Waals surface area contributed by atoms with E-state index < -0.39 is 24.5 Å². The van der Waals surface area contributed by atoms with Crippen molar-refractivity contribution in [3.63, 3.8) is 0 Å². The maximum Gasteiger partial charge on any atom is 0.329 e. The molecule has 2 aromatic carbocycles. The SMILES string of the molecule is CC(C)[C@H](NC(=O)Cc1ccccc1)C(=O)OCC(=O)Nc1cccc(C#N)c1. The number of ether oxygens (including phenoxy) is 1. The fourth-order valence-electron chi connectivity index (χ4n) is 2.59. The van der Waals surface area contributed by atoms with Crippen LogP contribution in [0.5, 0.6) is 0 Å². The Bertz CT molecular complexity index is 904. The van der Waals surface area contributed by atoms with Crippen LogP contribution >= 0.6 is 0 Å². The third-order valence-electron chi connectivity index (χ3n) is 4.07. The molecule has 2 amide bonds. The molecule has 2 N–H and O–H groups in total. The van der Waals surface area contributed by atoms with Gasteiger partial charge in [-0.2, -0.15) is 5.26 Å². The van der Waals surface area contributed by atoms with E-state index in [1.54, 1.807) is 32.0 Å². The first-order valence-corrected chi connectivity index (χ1v) is 9.19. The van der Waals surface area contributed by atoms with Gasteiger partial charge >= 0.3 is 5.97 Å². The largest absolute Gasteiger partial charge is 0.454 e. The zero-order valence-corrected chi connectivity index (χ0v) is 16.3. The quantitative estimate of drug-likeness (QED) is 0.670. The summed E-state index contributed by atoms with van der Waals surface area (Å²) in [5.41, 5.74) is 1.67. The molecule has 150 valence electrons. The first-order chi connectivity index (χ1) is 13.9. The van der Waals surface area contributed by atoms with E-state index in [0.29, 0.717) is 11.3 Å². The Balaban J connectivity index is 1.87. The summed E-state index contributed by atoms with van der Waals surface area (Å²) in [7, 11) is 0. The zero-order valence-electron chi connectivity index (χ0n) is 16.3. The molecule has 29 heavy (non-hydrogen) atoms. The minimum atomic E-state index is -0.860. The maximum absolute atomic E-state index is 12.4. The summed E-state index contributed by atoms with van der Waals surface area (Å²) in [4.78, 5) is 36.6. The zero-order chi connectivity index (χ0) is 21.2. The van der Waals surface area contributed by atoms with E-state index in [-0.39, 0.29) is 18.2 Å². The Morgan fingerprint density at radius 3 is 2.41 bits per heavy atom. The molecule has 0 unspecified atom stereocenters. The number of nitriles is 1. The van der Waals surface area contributed by atoms with E-state index in [9.17, 15) is 14.4 Å². The Morgan fingerprint density at radius 2 is 1.76 bits per heavy atom. The molecule has 0 saturated carbocycles. The topological polar surface area (TPSA) is 108 Å². The second kappa shape index (κ2) is 10.6. The van der Waals surface area contributed by atoms with Crippen LogP contribution in [0.15, 0.2) is 54.6 Å². The van der Waals surface area contributed by atoms with Crippen LogP contribution in [0.2, 0.25) is 0 Å². The molecule has 1 atom stereocenters. The van der Waals surface area contributed by atoms with Crippen molar-refractivity contribution in [3.8, 4) is 6.07 Å². The average Bonchev–Trinajstić information content (AvgIpc) is 2.71. The minimum absolute atomic E-state index is 0.146. The summed E-state index contributed by atoms with van der Waals surface area (Å²) in [5, 5.41) is 14.1. The minimum Gasteiger partial charge on any atom is -0.454 e. The van der Waals surface area contributed by atoms with Crippen LogP contribution < -0.4 is 10.6 Å². The lowest BCUT2D eigenvalue weighted by molar-refractivity contribution is -0.151. The molecule has 7 heteroatoms. The van der Waals surface area contributed by atoms with Crippen LogP contribution in [-0.2, 0) is 25.5 Å². The first-order valence-electron chi connectivity index (χ1n) is 9.19. The molecule has 0 radical (unpaired) electrons. The highest BCUT2D eigenvalue weighted by Crippen LogP contribution is 2.10. The predicted octanol–water partition coefficient (Wildman–Crippen LogP) is 2.42. The van der Waals surface area contributed by atoms with E-state index in [1.807, 2.05) is 36.4 Å². The van der Waals surface area contributed by atoms with Gasteiger partial charge in [0.15, 0.2) is 6.61 Å². The van der Waals surface area contributed by atoms with Crippen LogP contribution in [0.4, 0.5) is 5.69 Å². The van der Waals surface area contributed by atoms with Crippen molar-refractivity contribution >= 4 is 23.5 Å². The second-order valence-electron chi connectivity index (χ2n) is 6.80. The number of benzene rings is 2. The Morgan fingerprint density at radius 1 is 1.03 bits per heavy atom. The van der Waals surface area contributed by atoms with Gasteiger partial charge in [-0.3, -0.25) is 9.59 Å². The van der Waals surface area contributed by atoms with E-state index in [2.05, 4.69) is 10.6 Å². The third-order valence-corrected chi connectivity index (χ3v) is 4.07. The van der Waals surface area contributed by atoms with Gasteiger partial charge in [0.05, 0.1) is 18.1 Å². The average molecular weight is 393 g/mol. The molecule has 2 aromatic rings. The van der Waals surface area contributed by atoms with Crippen molar-refractivity contribution in [3.05, 3.63) is 65.7 Å². The number of carbonyl (C=O) groups is 3. The number of hydrogen-bond donors (Lipinski definition) is 2. The van der Waals surface area contributed by atoms with Gasteiger partial charge in [0.2, 0.25) is 5.91 Å². The van der Waals surface area contributed by atoms with Crippen LogP contribution in [0.3, 0.4) is 0 Å². The lowest BCUT2D eigenvalue weighted by Crippen LogP contribution is -2.46. The Labute approximate surface area is 169 Å². The van der Waals surface area contributed by atoms with E-state index in [4.69, 9.17) is 10.00 Å². The molecular formula is C22H23N3O4. The smallest absolute Gasteiger partial charge is 0.329 e. The lowest BCUT2D eigenvalue weighted by Gasteiger charge is -2.20. The molecule has 7 nitrogen and oxygen atoms in total. The first kappa shape index (κ1) is 21.6. The van der Waals surface area contributed by atoms with Crippen molar-refractivity contribution in [2.45, 2.75) is 26.3 Å². The van der Waals surface area contributed by atoms with Crippen molar-refractivity contribution in [2.24, 2.45) is 5.92 Å². The second-order valence-corrected chi connectivity index (χ2v) is 6.80. The highest BCUT2D eigenvalue weighted by atomic mass is 16.5. The van der Waals surface area contributed by atoms with Gasteiger partial charge in [0.25, 0.3) is 5.91 Å². The van der Waals surface area contributed by atoms with Gasteiger partial charge in [-0.1, -0.05) is 50.2 Å². The maximum atomic E-state index is 12.4. The van der Waals surface area contributed by atoms with Gasteiger partial charge in [-0.25, -0.2) is 4.79 Å². The van der Waals surface area contributed by atoms with Crippen LogP contribution in [-0.4, -0.2) is 30.4 Å². The molecule has 2 rings (SSSR count). The molecule has 0 aliphatic heterocycles. The van der Waals surface area contributed by atoms with Crippen molar-refractivity contribution in [1.29, 1.82) is 5.26 Å². The van der Waals surface area contributed by atoms with Gasteiger partial charge < -0.3 is 15.4 Å². The predicted molar refractivity (Wildman–Crippen MR) is 108 cm³/mol. The van der Waals surface area contributed by atoms with Crippen LogP contribution in [0.25, 0.3) is 0 Å². The summed E-state index contributed by atoms with van der Waals surface area (Å²) in [6.45, 7) is 3.07. The molecule has 0 aromatic heterocycles. The number of esters is 1. The summed E-state index contributed by atoms with van der Waals surface area (Å²) >= 11 is 0. The van der Waals surface area contributed by atoms with E-state index in [1.165, 1.54) is 6.07 Å². The monoisotopic (exact) mass is 393 g/mol. The highest BCUT2D eigenvalue weighted by Gasteiger charge is 2.26. The molecule has 0 aliphatic rings. The Hall–Kier alpha value is -3.66. The molecule has 0 spiro atoms. The highest BCUT2D eigenvalue weighted by molar-refractivity contribution is 5.93. The number of carbonyl (C=O) groups excluding carboxylic acids is 3. The number of amides is 2. The van der Waals surface area contributed by atoms with Crippen LogP contribution in [0, 0.1) is 17.2 Å². The van der Waals surface area contributed by atoms with Gasteiger partial charge in [0.1, 0.15) is 6.04 Å². The summed E-state index contributed by atoms with van der Waals surface area (Å²) in [5.74, 6) is -1.73. The standard InChI is InChI=1S/C22H23N3O4/c1-15(2)21(25-19(26)12-16-7-4-3-5-8-16)22(28)29-14-20(27)24-18-10-6-9-17(11-18)13-23/h3-11,15,21H,12,14H2,1-2H3,(H,24,27)(H,25,26)/t21-/m0/s1. The van der Waals surface area contributed by atoms with Crippen molar-refractivity contribution in [2.75, 3.05) is 11.9 Å². The molecule has 0 saturated heterocycles. The molecule has 0 aliphatic carbocycles. The molecular weight excluding hydrogens is 370 g/mol.